The number of carbonyl (C=O) groups is 1. The third kappa shape index (κ3) is 3.99. The maximum atomic E-state index is 15.1. The molecule has 0 aliphatic carbocycles. The number of aryl methyl sites for hydroxylation is 1. The van der Waals surface area contributed by atoms with Crippen molar-refractivity contribution in [3.63, 3.8) is 0 Å². The fraction of sp³-hybridized carbons (Fsp3) is 0.391. The van der Waals surface area contributed by atoms with E-state index in [0.717, 1.165) is 24.8 Å². The number of benzene rings is 1. The van der Waals surface area contributed by atoms with Gasteiger partial charge in [0.05, 0.1) is 22.7 Å². The molecule has 1 aromatic carbocycles. The molecule has 1 fully saturated rings. The van der Waals surface area contributed by atoms with Crippen molar-refractivity contribution in [2.24, 2.45) is 7.05 Å². The fourth-order valence-corrected chi connectivity index (χ4v) is 4.67. The molecular weight excluding hydrogens is 433 g/mol. The van der Waals surface area contributed by atoms with E-state index in [1.165, 1.54) is 29.0 Å². The Morgan fingerprint density at radius 2 is 2.15 bits per heavy atom. The number of nitrogens with zero attached hydrogens (tertiary/aromatic N) is 5. The zero-order chi connectivity index (χ0) is 23.1. The first-order chi connectivity index (χ1) is 15.9. The standard InChI is InChI=1S/C23H23F3N6O/c1-31-8-6-13-9-16(17(24)10-19(13)31)21(33)15(5-4-14-3-2-7-27-14)20-11-18(22(25)26)30-23-28-12-29-32(20)23/h6,8-12,14-15,22,27H,2-5,7H2,1H3/t14-,15?/m0/s1. The van der Waals surface area contributed by atoms with Crippen molar-refractivity contribution < 1.29 is 18.0 Å². The number of ketones is 1. The Bertz CT molecular complexity index is 1320. The molecule has 7 nitrogen and oxygen atoms in total. The molecule has 10 heteroatoms. The summed E-state index contributed by atoms with van der Waals surface area (Å²) in [5.74, 6) is -2.01. The van der Waals surface area contributed by atoms with Crippen molar-refractivity contribution in [2.75, 3.05) is 6.54 Å². The largest absolute Gasteiger partial charge is 0.350 e. The van der Waals surface area contributed by atoms with E-state index in [1.807, 2.05) is 0 Å². The number of aromatic nitrogens is 5. The molecule has 1 aliphatic rings. The molecule has 0 spiro atoms. The number of alkyl halides is 2. The average Bonchev–Trinajstić information content (AvgIpc) is 3.55. The number of hydrogen-bond donors (Lipinski definition) is 1. The number of Topliss-reactive ketones (excluding diaryl/α,β-unsaturated/α-hetero) is 1. The Hall–Kier alpha value is -3.27. The molecule has 1 unspecified atom stereocenters. The van der Waals surface area contributed by atoms with Gasteiger partial charge in [-0.05, 0) is 56.5 Å². The van der Waals surface area contributed by atoms with E-state index < -0.39 is 29.6 Å². The second-order valence-corrected chi connectivity index (χ2v) is 8.48. The van der Waals surface area contributed by atoms with E-state index >= 15 is 4.39 Å². The Kier molecular flexibility index (Phi) is 5.61. The predicted octanol–water partition coefficient (Wildman–Crippen LogP) is 4.19. The number of rotatable bonds is 7. The second kappa shape index (κ2) is 8.58. The molecule has 4 heterocycles. The van der Waals surface area contributed by atoms with Crippen LogP contribution in [-0.4, -0.2) is 42.5 Å². The summed E-state index contributed by atoms with van der Waals surface area (Å²) in [6.45, 7) is 0.903. The molecule has 2 atom stereocenters. The molecule has 5 rings (SSSR count). The maximum absolute atomic E-state index is 15.1. The molecule has 4 aromatic rings. The molecule has 0 saturated carbocycles. The minimum Gasteiger partial charge on any atom is -0.350 e. The number of fused-ring (bicyclic) bond motifs is 2. The summed E-state index contributed by atoms with van der Waals surface area (Å²) in [6, 6.07) is 6.09. The van der Waals surface area contributed by atoms with Gasteiger partial charge in [0.1, 0.15) is 17.8 Å². The van der Waals surface area contributed by atoms with Gasteiger partial charge < -0.3 is 9.88 Å². The third-order valence-corrected chi connectivity index (χ3v) is 6.40. The van der Waals surface area contributed by atoms with Crippen molar-refractivity contribution in [1.29, 1.82) is 0 Å². The molecule has 0 bridgehead atoms. The summed E-state index contributed by atoms with van der Waals surface area (Å²) in [6.07, 6.45) is 3.17. The zero-order valence-electron chi connectivity index (χ0n) is 18.0. The lowest BCUT2D eigenvalue weighted by Crippen LogP contribution is -2.25. The van der Waals surface area contributed by atoms with Crippen LogP contribution in [0.5, 0.6) is 0 Å². The van der Waals surface area contributed by atoms with E-state index in [9.17, 15) is 13.6 Å². The van der Waals surface area contributed by atoms with Crippen LogP contribution < -0.4 is 5.32 Å². The minimum absolute atomic E-state index is 0.0152. The van der Waals surface area contributed by atoms with Crippen LogP contribution in [0.25, 0.3) is 16.7 Å². The monoisotopic (exact) mass is 456 g/mol. The molecule has 0 amide bonds. The van der Waals surface area contributed by atoms with Crippen LogP contribution in [0, 0.1) is 5.82 Å². The first kappa shape index (κ1) is 21.6. The van der Waals surface area contributed by atoms with Crippen molar-refractivity contribution in [2.45, 2.75) is 44.1 Å². The molecule has 3 aromatic heterocycles. The lowest BCUT2D eigenvalue weighted by molar-refractivity contribution is 0.0945. The van der Waals surface area contributed by atoms with Crippen LogP contribution in [-0.2, 0) is 7.05 Å². The highest BCUT2D eigenvalue weighted by atomic mass is 19.3. The van der Waals surface area contributed by atoms with Gasteiger partial charge >= 0.3 is 0 Å². The van der Waals surface area contributed by atoms with Crippen LogP contribution in [0.1, 0.15) is 59.8 Å². The van der Waals surface area contributed by atoms with Crippen LogP contribution in [0.3, 0.4) is 0 Å². The van der Waals surface area contributed by atoms with Gasteiger partial charge in [-0.25, -0.2) is 22.7 Å². The summed E-state index contributed by atoms with van der Waals surface area (Å²) in [5.41, 5.74) is 0.352. The van der Waals surface area contributed by atoms with Crippen LogP contribution in [0.2, 0.25) is 0 Å². The lowest BCUT2D eigenvalue weighted by atomic mass is 9.87. The van der Waals surface area contributed by atoms with Gasteiger partial charge in [0.15, 0.2) is 5.78 Å². The lowest BCUT2D eigenvalue weighted by Gasteiger charge is -2.20. The number of hydrogen-bond acceptors (Lipinski definition) is 5. The molecule has 1 aliphatic heterocycles. The predicted molar refractivity (Wildman–Crippen MR) is 116 cm³/mol. The van der Waals surface area contributed by atoms with E-state index in [2.05, 4.69) is 20.4 Å². The number of carbonyl (C=O) groups excluding carboxylic acids is 1. The molecule has 1 N–H and O–H groups in total. The Labute approximate surface area is 187 Å². The van der Waals surface area contributed by atoms with Gasteiger partial charge in [-0.3, -0.25) is 4.79 Å². The van der Waals surface area contributed by atoms with E-state index in [4.69, 9.17) is 0 Å². The van der Waals surface area contributed by atoms with E-state index in [-0.39, 0.29) is 23.1 Å². The summed E-state index contributed by atoms with van der Waals surface area (Å²) in [4.78, 5) is 21.5. The van der Waals surface area contributed by atoms with Gasteiger partial charge in [-0.15, -0.1) is 0 Å². The van der Waals surface area contributed by atoms with Gasteiger partial charge in [-0.2, -0.15) is 10.1 Å². The first-order valence-corrected chi connectivity index (χ1v) is 10.9. The second-order valence-electron chi connectivity index (χ2n) is 8.48. The van der Waals surface area contributed by atoms with Gasteiger partial charge in [0.2, 0.25) is 0 Å². The van der Waals surface area contributed by atoms with Crippen molar-refractivity contribution in [3.8, 4) is 0 Å². The van der Waals surface area contributed by atoms with Gasteiger partial charge in [-0.1, -0.05) is 0 Å². The molecular formula is C23H23F3N6O. The smallest absolute Gasteiger partial charge is 0.280 e. The molecule has 1 saturated heterocycles. The van der Waals surface area contributed by atoms with Crippen molar-refractivity contribution in [3.05, 3.63) is 59.6 Å². The van der Waals surface area contributed by atoms with Crippen LogP contribution in [0.15, 0.2) is 36.8 Å². The summed E-state index contributed by atoms with van der Waals surface area (Å²) >= 11 is 0. The van der Waals surface area contributed by atoms with Gasteiger partial charge in [0, 0.05) is 24.7 Å². The highest BCUT2D eigenvalue weighted by Gasteiger charge is 2.30. The summed E-state index contributed by atoms with van der Waals surface area (Å²) in [7, 11) is 1.80. The zero-order valence-corrected chi connectivity index (χ0v) is 18.0. The minimum atomic E-state index is -2.84. The molecule has 33 heavy (non-hydrogen) atoms. The Morgan fingerprint density at radius 1 is 1.30 bits per heavy atom. The SMILES string of the molecule is Cn1ccc2cc(C(=O)C(CC[C@@H]3CCCN3)c3cc(C(F)F)nc4ncnn34)c(F)cc21. The fourth-order valence-electron chi connectivity index (χ4n) is 4.67. The highest BCUT2D eigenvalue weighted by Crippen LogP contribution is 2.32. The van der Waals surface area contributed by atoms with Crippen LogP contribution >= 0.6 is 0 Å². The average molecular weight is 456 g/mol. The molecule has 0 radical (unpaired) electrons. The summed E-state index contributed by atoms with van der Waals surface area (Å²) in [5, 5.41) is 8.22. The third-order valence-electron chi connectivity index (χ3n) is 6.40. The summed E-state index contributed by atoms with van der Waals surface area (Å²) < 4.78 is 45.3. The van der Waals surface area contributed by atoms with E-state index in [0.29, 0.717) is 18.4 Å². The topological polar surface area (TPSA) is 77.1 Å². The van der Waals surface area contributed by atoms with Crippen LogP contribution in [0.4, 0.5) is 13.2 Å². The van der Waals surface area contributed by atoms with Crippen molar-refractivity contribution in [1.82, 2.24) is 29.5 Å². The first-order valence-electron chi connectivity index (χ1n) is 10.9. The highest BCUT2D eigenvalue weighted by molar-refractivity contribution is 6.03. The van der Waals surface area contributed by atoms with Crippen molar-refractivity contribution >= 4 is 22.5 Å². The quantitative estimate of drug-likeness (QED) is 0.422. The Morgan fingerprint density at radius 3 is 2.91 bits per heavy atom. The molecule has 172 valence electrons. The van der Waals surface area contributed by atoms with E-state index in [1.54, 1.807) is 23.9 Å². The number of nitrogens with one attached hydrogen (secondary N) is 1. The maximum Gasteiger partial charge on any atom is 0.280 e. The normalized spacial score (nSPS) is 17.4. The number of halogens is 3. The van der Waals surface area contributed by atoms with Gasteiger partial charge in [0.25, 0.3) is 12.2 Å². The Balaban J connectivity index is 1.60.